The fraction of sp³-hybridized carbons (Fsp3) is 0.636. The quantitative estimate of drug-likeness (QED) is 0.632. The van der Waals surface area contributed by atoms with E-state index in [1.165, 1.54) is 0 Å². The van der Waals surface area contributed by atoms with Crippen molar-refractivity contribution in [2.45, 2.75) is 19.4 Å². The summed E-state index contributed by atoms with van der Waals surface area (Å²) in [4.78, 5) is 8.24. The number of rotatable bonds is 8. The van der Waals surface area contributed by atoms with Gasteiger partial charge in [-0.25, -0.2) is 0 Å². The Morgan fingerprint density at radius 2 is 2.31 bits per heavy atom. The molecule has 1 aromatic heterocycles. The van der Waals surface area contributed by atoms with Crippen LogP contribution in [0, 0.1) is 0 Å². The van der Waals surface area contributed by atoms with Gasteiger partial charge in [-0.3, -0.25) is 9.97 Å². The van der Waals surface area contributed by atoms with E-state index in [9.17, 15) is 0 Å². The van der Waals surface area contributed by atoms with Gasteiger partial charge in [-0.15, -0.1) is 0 Å². The van der Waals surface area contributed by atoms with Crippen LogP contribution in [-0.4, -0.2) is 41.4 Å². The van der Waals surface area contributed by atoms with E-state index < -0.39 is 0 Å². The predicted molar refractivity (Wildman–Crippen MR) is 61.0 cm³/mol. The smallest absolute Gasteiger partial charge is 0.0753 e. The molecule has 16 heavy (non-hydrogen) atoms. The molecule has 1 unspecified atom stereocenters. The minimum Gasteiger partial charge on any atom is -0.394 e. The Hall–Kier alpha value is -1.04. The highest BCUT2D eigenvalue weighted by Crippen LogP contribution is 2.05. The summed E-state index contributed by atoms with van der Waals surface area (Å²) in [6.45, 7) is 4.09. The van der Waals surface area contributed by atoms with Crippen molar-refractivity contribution in [2.24, 2.45) is 0 Å². The molecule has 1 aromatic rings. The summed E-state index contributed by atoms with van der Waals surface area (Å²) in [5, 5.41) is 11.8. The van der Waals surface area contributed by atoms with Gasteiger partial charge in [0.15, 0.2) is 0 Å². The number of ether oxygens (including phenoxy) is 1. The molecule has 1 atom stereocenters. The van der Waals surface area contributed by atoms with Crippen molar-refractivity contribution in [3.8, 4) is 0 Å². The lowest BCUT2D eigenvalue weighted by Crippen LogP contribution is -2.22. The van der Waals surface area contributed by atoms with E-state index in [2.05, 4.69) is 22.2 Å². The van der Waals surface area contributed by atoms with E-state index in [0.29, 0.717) is 13.2 Å². The van der Waals surface area contributed by atoms with Gasteiger partial charge >= 0.3 is 0 Å². The first kappa shape index (κ1) is 13.0. The molecule has 0 spiro atoms. The zero-order valence-corrected chi connectivity index (χ0v) is 9.59. The van der Waals surface area contributed by atoms with Crippen molar-refractivity contribution >= 4 is 0 Å². The zero-order chi connectivity index (χ0) is 11.6. The molecule has 2 N–H and O–H groups in total. The van der Waals surface area contributed by atoms with Crippen molar-refractivity contribution in [2.75, 3.05) is 26.4 Å². The number of nitrogens with zero attached hydrogens (tertiary/aromatic N) is 2. The first-order chi connectivity index (χ1) is 7.84. The van der Waals surface area contributed by atoms with Gasteiger partial charge in [-0.05, 0) is 19.9 Å². The molecule has 1 heterocycles. The molecule has 0 aliphatic carbocycles. The molecule has 5 heteroatoms. The second-order valence-corrected chi connectivity index (χ2v) is 3.50. The fourth-order valence-electron chi connectivity index (χ4n) is 1.30. The van der Waals surface area contributed by atoms with Gasteiger partial charge in [-0.2, -0.15) is 0 Å². The number of nitrogens with one attached hydrogen (secondary N) is 1. The molecular formula is C11H19N3O2. The Bertz CT molecular complexity index is 269. The molecule has 1 rings (SSSR count). The monoisotopic (exact) mass is 225 g/mol. The van der Waals surface area contributed by atoms with Crippen LogP contribution in [0.4, 0.5) is 0 Å². The van der Waals surface area contributed by atoms with Crippen molar-refractivity contribution in [3.05, 3.63) is 24.3 Å². The van der Waals surface area contributed by atoms with Crippen molar-refractivity contribution in [1.82, 2.24) is 15.3 Å². The second-order valence-electron chi connectivity index (χ2n) is 3.50. The third-order valence-electron chi connectivity index (χ3n) is 2.18. The normalized spacial score (nSPS) is 12.6. The molecule has 5 nitrogen and oxygen atoms in total. The van der Waals surface area contributed by atoms with E-state index in [4.69, 9.17) is 9.84 Å². The Kier molecular flexibility index (Phi) is 6.64. The summed E-state index contributed by atoms with van der Waals surface area (Å²) in [5.74, 6) is 0. The highest BCUT2D eigenvalue weighted by Gasteiger charge is 2.04. The molecule has 0 bridgehead atoms. The Morgan fingerprint density at radius 1 is 1.44 bits per heavy atom. The van der Waals surface area contributed by atoms with E-state index in [0.717, 1.165) is 18.7 Å². The molecule has 0 aliphatic heterocycles. The van der Waals surface area contributed by atoms with E-state index in [-0.39, 0.29) is 12.6 Å². The maximum absolute atomic E-state index is 8.50. The highest BCUT2D eigenvalue weighted by molar-refractivity contribution is 5.00. The third kappa shape index (κ3) is 5.16. The molecular weight excluding hydrogens is 206 g/mol. The van der Waals surface area contributed by atoms with Gasteiger partial charge in [0, 0.05) is 31.2 Å². The topological polar surface area (TPSA) is 67.3 Å². The van der Waals surface area contributed by atoms with Gasteiger partial charge in [0.2, 0.25) is 0 Å². The molecule has 0 fully saturated rings. The average molecular weight is 225 g/mol. The largest absolute Gasteiger partial charge is 0.394 e. The van der Waals surface area contributed by atoms with E-state index in [1.54, 1.807) is 18.6 Å². The third-order valence-corrected chi connectivity index (χ3v) is 2.18. The summed E-state index contributed by atoms with van der Waals surface area (Å²) < 4.78 is 5.15. The number of aliphatic hydroxyl groups is 1. The van der Waals surface area contributed by atoms with E-state index >= 15 is 0 Å². The van der Waals surface area contributed by atoms with Crippen LogP contribution in [0.15, 0.2) is 18.6 Å². The van der Waals surface area contributed by atoms with Crippen LogP contribution < -0.4 is 5.32 Å². The van der Waals surface area contributed by atoms with Gasteiger partial charge in [0.1, 0.15) is 0 Å². The standard InChI is InChI=1S/C11H19N3O2/c1-10(11-9-12-4-5-14-11)13-3-2-7-16-8-6-15/h4-5,9-10,13,15H,2-3,6-8H2,1H3. The molecule has 0 aromatic carbocycles. The number of aliphatic hydroxyl groups excluding tert-OH is 1. The van der Waals surface area contributed by atoms with Crippen LogP contribution in [0.3, 0.4) is 0 Å². The molecule has 0 saturated heterocycles. The second kappa shape index (κ2) is 8.15. The van der Waals surface area contributed by atoms with Crippen molar-refractivity contribution in [3.63, 3.8) is 0 Å². The fourth-order valence-corrected chi connectivity index (χ4v) is 1.30. The van der Waals surface area contributed by atoms with Crippen molar-refractivity contribution < 1.29 is 9.84 Å². The van der Waals surface area contributed by atoms with Crippen LogP contribution in [0.1, 0.15) is 25.1 Å². The SMILES string of the molecule is CC(NCCCOCCO)c1cnccn1. The Balaban J connectivity index is 2.09. The average Bonchev–Trinajstić information content (AvgIpc) is 2.34. The van der Waals surface area contributed by atoms with Gasteiger partial charge in [0.25, 0.3) is 0 Å². The summed E-state index contributed by atoms with van der Waals surface area (Å²) in [7, 11) is 0. The van der Waals surface area contributed by atoms with Gasteiger partial charge in [-0.1, -0.05) is 0 Å². The molecule has 0 saturated carbocycles. The van der Waals surface area contributed by atoms with Crippen LogP contribution >= 0.6 is 0 Å². The van der Waals surface area contributed by atoms with Crippen molar-refractivity contribution in [1.29, 1.82) is 0 Å². The Labute approximate surface area is 95.9 Å². The van der Waals surface area contributed by atoms with Gasteiger partial charge in [0.05, 0.1) is 18.9 Å². The minimum atomic E-state index is 0.0867. The number of hydrogen-bond acceptors (Lipinski definition) is 5. The number of hydrogen-bond donors (Lipinski definition) is 2. The summed E-state index contributed by atoms with van der Waals surface area (Å²) in [6, 6.07) is 0.201. The Morgan fingerprint density at radius 3 is 3.00 bits per heavy atom. The predicted octanol–water partition coefficient (Wildman–Crippen LogP) is 0.526. The van der Waals surface area contributed by atoms with Crippen LogP contribution in [0.2, 0.25) is 0 Å². The molecule has 0 amide bonds. The maximum atomic E-state index is 8.50. The zero-order valence-electron chi connectivity index (χ0n) is 9.59. The summed E-state index contributed by atoms with van der Waals surface area (Å²) in [5.41, 5.74) is 0.943. The van der Waals surface area contributed by atoms with Crippen LogP contribution in [0.5, 0.6) is 0 Å². The van der Waals surface area contributed by atoms with Crippen LogP contribution in [-0.2, 0) is 4.74 Å². The first-order valence-corrected chi connectivity index (χ1v) is 5.52. The van der Waals surface area contributed by atoms with Crippen LogP contribution in [0.25, 0.3) is 0 Å². The minimum absolute atomic E-state index is 0.0867. The first-order valence-electron chi connectivity index (χ1n) is 5.52. The lowest BCUT2D eigenvalue weighted by atomic mass is 10.2. The lowest BCUT2D eigenvalue weighted by molar-refractivity contribution is 0.0904. The lowest BCUT2D eigenvalue weighted by Gasteiger charge is -2.12. The molecule has 0 radical (unpaired) electrons. The van der Waals surface area contributed by atoms with E-state index in [1.807, 2.05) is 0 Å². The highest BCUT2D eigenvalue weighted by atomic mass is 16.5. The summed E-state index contributed by atoms with van der Waals surface area (Å²) in [6.07, 6.45) is 6.04. The molecule has 0 aliphatic rings. The number of aromatic nitrogens is 2. The molecule has 90 valence electrons. The van der Waals surface area contributed by atoms with Gasteiger partial charge < -0.3 is 15.2 Å². The summed E-state index contributed by atoms with van der Waals surface area (Å²) >= 11 is 0. The maximum Gasteiger partial charge on any atom is 0.0753 e.